The Labute approximate surface area is 139 Å². The average Bonchev–Trinajstić information content (AvgIpc) is 2.60. The number of hydrogen-bond acceptors (Lipinski definition) is 4. The summed E-state index contributed by atoms with van der Waals surface area (Å²) in [6.07, 6.45) is 5.67. The van der Waals surface area contributed by atoms with Crippen LogP contribution in [-0.2, 0) is 12.8 Å². The number of anilines is 1. The van der Waals surface area contributed by atoms with Crippen LogP contribution in [0.2, 0.25) is 0 Å². The lowest BCUT2D eigenvalue weighted by Gasteiger charge is -2.29. The Balaban J connectivity index is 1.75. The molecular weight excluding hydrogens is 306 g/mol. The molecule has 2 aliphatic rings. The number of rotatable bonds is 1. The van der Waals surface area contributed by atoms with E-state index in [9.17, 15) is 9.59 Å². The molecule has 0 fully saturated rings. The summed E-state index contributed by atoms with van der Waals surface area (Å²) in [6, 6.07) is 3.64. The van der Waals surface area contributed by atoms with Crippen molar-refractivity contribution in [2.75, 3.05) is 18.1 Å². The minimum Gasteiger partial charge on any atom is -0.474 e. The number of nitrogens with zero attached hydrogens (tertiary/aromatic N) is 2. The number of hydrogen-bond donors (Lipinski definition) is 1. The SMILES string of the molecule is Cc1cnc2c(c1)N(C(=O)c1cc3c([nH]c1=O)CCCC3)CCO2. The summed E-state index contributed by atoms with van der Waals surface area (Å²) in [5, 5.41) is 0. The van der Waals surface area contributed by atoms with E-state index >= 15 is 0 Å². The van der Waals surface area contributed by atoms with Crippen molar-refractivity contribution in [1.29, 1.82) is 0 Å². The zero-order valence-electron chi connectivity index (χ0n) is 13.6. The molecule has 0 unspecified atom stereocenters. The summed E-state index contributed by atoms with van der Waals surface area (Å²) < 4.78 is 5.52. The van der Waals surface area contributed by atoms with Crippen molar-refractivity contribution in [3.05, 3.63) is 51.1 Å². The van der Waals surface area contributed by atoms with E-state index < -0.39 is 0 Å². The molecule has 1 N–H and O–H groups in total. The molecule has 0 atom stereocenters. The molecule has 1 amide bonds. The summed E-state index contributed by atoms with van der Waals surface area (Å²) >= 11 is 0. The number of pyridine rings is 2. The standard InChI is InChI=1S/C18H19N3O3/c1-11-8-15-17(19-10-11)24-7-6-21(15)18(23)13-9-12-4-2-3-5-14(12)20-16(13)22/h8-10H,2-7H2,1H3,(H,20,22). The Morgan fingerprint density at radius 3 is 3.00 bits per heavy atom. The number of nitrogens with one attached hydrogen (secondary N) is 1. The second-order valence-corrected chi connectivity index (χ2v) is 6.37. The van der Waals surface area contributed by atoms with Crippen molar-refractivity contribution in [1.82, 2.24) is 9.97 Å². The van der Waals surface area contributed by atoms with Crippen LogP contribution in [0.3, 0.4) is 0 Å². The highest BCUT2D eigenvalue weighted by molar-refractivity contribution is 6.06. The van der Waals surface area contributed by atoms with Gasteiger partial charge in [-0.25, -0.2) is 4.98 Å². The number of ether oxygens (including phenoxy) is 1. The lowest BCUT2D eigenvalue weighted by atomic mass is 9.95. The monoisotopic (exact) mass is 325 g/mol. The predicted octanol–water partition coefficient (Wildman–Crippen LogP) is 2.00. The van der Waals surface area contributed by atoms with Crippen molar-refractivity contribution in [3.8, 4) is 5.88 Å². The summed E-state index contributed by atoms with van der Waals surface area (Å²) in [5.41, 5.74) is 3.52. The van der Waals surface area contributed by atoms with Crippen LogP contribution < -0.4 is 15.2 Å². The van der Waals surface area contributed by atoms with E-state index in [0.29, 0.717) is 24.7 Å². The molecule has 4 rings (SSSR count). The minimum absolute atomic E-state index is 0.199. The smallest absolute Gasteiger partial charge is 0.264 e. The van der Waals surface area contributed by atoms with Gasteiger partial charge in [-0.3, -0.25) is 14.5 Å². The molecule has 1 aliphatic carbocycles. The lowest BCUT2D eigenvalue weighted by molar-refractivity contribution is 0.0974. The molecule has 0 bridgehead atoms. The first-order valence-corrected chi connectivity index (χ1v) is 8.30. The molecule has 0 aromatic carbocycles. The van der Waals surface area contributed by atoms with E-state index in [1.165, 1.54) is 0 Å². The topological polar surface area (TPSA) is 75.3 Å². The molecule has 0 spiro atoms. The van der Waals surface area contributed by atoms with Gasteiger partial charge in [0.1, 0.15) is 17.9 Å². The zero-order valence-corrected chi connectivity index (χ0v) is 13.6. The molecule has 0 saturated carbocycles. The predicted molar refractivity (Wildman–Crippen MR) is 89.9 cm³/mol. The van der Waals surface area contributed by atoms with Gasteiger partial charge in [-0.15, -0.1) is 0 Å². The fourth-order valence-corrected chi connectivity index (χ4v) is 3.39. The van der Waals surface area contributed by atoms with Gasteiger partial charge in [0.05, 0.1) is 6.54 Å². The van der Waals surface area contributed by atoms with Crippen molar-refractivity contribution in [2.24, 2.45) is 0 Å². The van der Waals surface area contributed by atoms with Crippen LogP contribution in [0.4, 0.5) is 5.69 Å². The first-order chi connectivity index (χ1) is 11.6. The van der Waals surface area contributed by atoms with Crippen LogP contribution in [0.15, 0.2) is 23.1 Å². The molecule has 124 valence electrons. The Morgan fingerprint density at radius 1 is 1.29 bits per heavy atom. The quantitative estimate of drug-likeness (QED) is 0.870. The molecule has 2 aromatic heterocycles. The molecule has 3 heterocycles. The largest absolute Gasteiger partial charge is 0.474 e. The van der Waals surface area contributed by atoms with Crippen LogP contribution in [0, 0.1) is 6.92 Å². The molecule has 6 nitrogen and oxygen atoms in total. The highest BCUT2D eigenvalue weighted by Crippen LogP contribution is 2.31. The van der Waals surface area contributed by atoms with Crippen molar-refractivity contribution in [2.45, 2.75) is 32.6 Å². The first kappa shape index (κ1) is 14.9. The van der Waals surface area contributed by atoms with E-state index in [4.69, 9.17) is 4.74 Å². The fraction of sp³-hybridized carbons (Fsp3) is 0.389. The number of amides is 1. The summed E-state index contributed by atoms with van der Waals surface area (Å²) in [6.45, 7) is 2.70. The van der Waals surface area contributed by atoms with Gasteiger partial charge in [0.25, 0.3) is 11.5 Å². The zero-order chi connectivity index (χ0) is 16.7. The summed E-state index contributed by atoms with van der Waals surface area (Å²) in [4.78, 5) is 34.1. The van der Waals surface area contributed by atoms with Crippen LogP contribution in [-0.4, -0.2) is 29.0 Å². The third-order valence-electron chi connectivity index (χ3n) is 4.63. The third-order valence-corrected chi connectivity index (χ3v) is 4.63. The van der Waals surface area contributed by atoms with E-state index in [-0.39, 0.29) is 17.0 Å². The maximum absolute atomic E-state index is 13.0. The Morgan fingerprint density at radius 2 is 2.12 bits per heavy atom. The second-order valence-electron chi connectivity index (χ2n) is 6.37. The molecular formula is C18H19N3O3. The number of H-pyrrole nitrogens is 1. The van der Waals surface area contributed by atoms with Crippen LogP contribution in [0.1, 0.15) is 40.0 Å². The number of fused-ring (bicyclic) bond motifs is 2. The number of carbonyl (C=O) groups excluding carboxylic acids is 1. The summed E-state index contributed by atoms with van der Waals surface area (Å²) in [7, 11) is 0. The number of aryl methyl sites for hydroxylation is 3. The van der Waals surface area contributed by atoms with E-state index in [2.05, 4.69) is 9.97 Å². The molecule has 6 heteroatoms. The van der Waals surface area contributed by atoms with Crippen LogP contribution in [0.25, 0.3) is 0 Å². The van der Waals surface area contributed by atoms with Gasteiger partial charge in [0.2, 0.25) is 5.88 Å². The van der Waals surface area contributed by atoms with Crippen molar-refractivity contribution < 1.29 is 9.53 Å². The first-order valence-electron chi connectivity index (χ1n) is 8.30. The number of carbonyl (C=O) groups is 1. The van der Waals surface area contributed by atoms with Crippen molar-refractivity contribution >= 4 is 11.6 Å². The molecule has 1 aliphatic heterocycles. The fourth-order valence-electron chi connectivity index (χ4n) is 3.39. The van der Waals surface area contributed by atoms with E-state index in [1.807, 2.05) is 13.0 Å². The van der Waals surface area contributed by atoms with Gasteiger partial charge in [0.15, 0.2) is 0 Å². The van der Waals surface area contributed by atoms with Gasteiger partial charge in [-0.05, 0) is 55.9 Å². The summed E-state index contributed by atoms with van der Waals surface area (Å²) in [5.74, 6) is 0.149. The highest BCUT2D eigenvalue weighted by Gasteiger charge is 2.28. The number of aromatic nitrogens is 2. The average molecular weight is 325 g/mol. The Hall–Kier alpha value is -2.63. The third kappa shape index (κ3) is 2.48. The molecule has 0 radical (unpaired) electrons. The molecule has 2 aromatic rings. The second kappa shape index (κ2) is 5.78. The Bertz CT molecular complexity index is 872. The normalized spacial score (nSPS) is 16.1. The molecule has 0 saturated heterocycles. The molecule has 24 heavy (non-hydrogen) atoms. The van der Waals surface area contributed by atoms with E-state index in [0.717, 1.165) is 42.5 Å². The van der Waals surface area contributed by atoms with Crippen LogP contribution >= 0.6 is 0 Å². The van der Waals surface area contributed by atoms with Gasteiger partial charge in [-0.2, -0.15) is 0 Å². The maximum atomic E-state index is 13.0. The van der Waals surface area contributed by atoms with Gasteiger partial charge >= 0.3 is 0 Å². The maximum Gasteiger partial charge on any atom is 0.264 e. The van der Waals surface area contributed by atoms with E-state index in [1.54, 1.807) is 17.2 Å². The van der Waals surface area contributed by atoms with Crippen molar-refractivity contribution in [3.63, 3.8) is 0 Å². The number of aromatic amines is 1. The van der Waals surface area contributed by atoms with Gasteiger partial charge in [0, 0.05) is 11.9 Å². The van der Waals surface area contributed by atoms with Crippen LogP contribution in [0.5, 0.6) is 5.88 Å². The Kier molecular flexibility index (Phi) is 3.59. The van der Waals surface area contributed by atoms with Gasteiger partial charge in [-0.1, -0.05) is 0 Å². The minimum atomic E-state index is -0.311. The lowest BCUT2D eigenvalue weighted by Crippen LogP contribution is -2.41. The highest BCUT2D eigenvalue weighted by atomic mass is 16.5. The van der Waals surface area contributed by atoms with Gasteiger partial charge < -0.3 is 9.72 Å².